The van der Waals surface area contributed by atoms with Crippen molar-refractivity contribution >= 4 is 28.5 Å². The van der Waals surface area contributed by atoms with Crippen LogP contribution < -0.4 is 14.8 Å². The van der Waals surface area contributed by atoms with Gasteiger partial charge in [-0.2, -0.15) is 0 Å². The highest BCUT2D eigenvalue weighted by Crippen LogP contribution is 2.21. The molecule has 0 saturated carbocycles. The summed E-state index contributed by atoms with van der Waals surface area (Å²) in [7, 11) is 0. The molecule has 8 nitrogen and oxygen atoms in total. The van der Waals surface area contributed by atoms with Crippen LogP contribution in [0.15, 0.2) is 66.7 Å². The summed E-state index contributed by atoms with van der Waals surface area (Å²) in [6.07, 6.45) is -0.878. The minimum absolute atomic E-state index is 0.109. The van der Waals surface area contributed by atoms with Crippen LogP contribution in [0.25, 0.3) is 10.8 Å². The molecule has 0 aliphatic rings. The number of benzene rings is 3. The van der Waals surface area contributed by atoms with E-state index in [0.717, 1.165) is 10.8 Å². The lowest BCUT2D eigenvalue weighted by Gasteiger charge is -2.13. The fraction of sp³-hybridized carbons (Fsp3) is 0.100. The molecule has 0 bridgehead atoms. The van der Waals surface area contributed by atoms with Gasteiger partial charge in [0.2, 0.25) is 0 Å². The molecule has 142 valence electrons. The molecule has 0 aliphatic carbocycles. The number of esters is 1. The second-order valence-electron chi connectivity index (χ2n) is 5.94. The quantitative estimate of drug-likeness (QED) is 0.312. The summed E-state index contributed by atoms with van der Waals surface area (Å²) in [6, 6.07) is 16.9. The first-order chi connectivity index (χ1) is 13.4. The van der Waals surface area contributed by atoms with E-state index in [1.807, 2.05) is 30.3 Å². The fourth-order valence-corrected chi connectivity index (χ4v) is 2.44. The lowest BCUT2D eigenvalue weighted by atomic mass is 10.1. The molecule has 3 rings (SSSR count). The predicted molar refractivity (Wildman–Crippen MR) is 101 cm³/mol. The molecule has 1 atom stereocenters. The van der Waals surface area contributed by atoms with Gasteiger partial charge in [0.25, 0.3) is 5.69 Å². The topological polar surface area (TPSA) is 108 Å². The first-order valence-corrected chi connectivity index (χ1v) is 8.35. The molecule has 1 N–H and O–H groups in total. The molecular formula is C20H16N2O6. The van der Waals surface area contributed by atoms with Crippen LogP contribution in [0, 0.1) is 10.1 Å². The number of amides is 1. The van der Waals surface area contributed by atoms with Crippen molar-refractivity contribution in [2.45, 2.75) is 13.0 Å². The second-order valence-corrected chi connectivity index (χ2v) is 5.94. The second kappa shape index (κ2) is 8.17. The third-order valence-electron chi connectivity index (χ3n) is 3.89. The van der Waals surface area contributed by atoms with Crippen molar-refractivity contribution in [3.05, 3.63) is 76.8 Å². The zero-order chi connectivity index (χ0) is 20.1. The minimum atomic E-state index is -0.961. The van der Waals surface area contributed by atoms with Crippen LogP contribution in [0.4, 0.5) is 10.5 Å². The lowest BCUT2D eigenvalue weighted by Crippen LogP contribution is -2.42. The van der Waals surface area contributed by atoms with Gasteiger partial charge in [0.05, 0.1) is 4.92 Å². The molecule has 0 radical (unpaired) electrons. The molecule has 28 heavy (non-hydrogen) atoms. The summed E-state index contributed by atoms with van der Waals surface area (Å²) in [5.41, 5.74) is -0.125. The van der Waals surface area contributed by atoms with E-state index in [9.17, 15) is 19.7 Å². The van der Waals surface area contributed by atoms with Crippen LogP contribution in [-0.4, -0.2) is 23.0 Å². The molecular weight excluding hydrogens is 364 g/mol. The zero-order valence-corrected chi connectivity index (χ0v) is 14.8. The number of hydrogen-bond acceptors (Lipinski definition) is 6. The van der Waals surface area contributed by atoms with Crippen molar-refractivity contribution in [2.75, 3.05) is 0 Å². The van der Waals surface area contributed by atoms with E-state index in [0.29, 0.717) is 5.75 Å². The van der Waals surface area contributed by atoms with E-state index >= 15 is 0 Å². The summed E-state index contributed by atoms with van der Waals surface area (Å²) in [5, 5.41) is 14.9. The highest BCUT2D eigenvalue weighted by Gasteiger charge is 2.19. The number of fused-ring (bicyclic) bond motifs is 1. The Labute approximate surface area is 159 Å². The smallest absolute Gasteiger partial charge is 0.413 e. The lowest BCUT2D eigenvalue weighted by molar-refractivity contribution is -0.384. The van der Waals surface area contributed by atoms with Crippen LogP contribution in [0.2, 0.25) is 0 Å². The van der Waals surface area contributed by atoms with E-state index in [2.05, 4.69) is 5.32 Å². The maximum atomic E-state index is 12.2. The Morgan fingerprint density at radius 1 is 0.929 bits per heavy atom. The number of nitro groups is 1. The third-order valence-corrected chi connectivity index (χ3v) is 3.89. The summed E-state index contributed by atoms with van der Waals surface area (Å²) >= 11 is 0. The van der Waals surface area contributed by atoms with Crippen molar-refractivity contribution < 1.29 is 24.0 Å². The molecule has 0 aromatic heterocycles. The average molecular weight is 380 g/mol. The Hall–Kier alpha value is -3.94. The normalized spacial score (nSPS) is 11.5. The van der Waals surface area contributed by atoms with Crippen LogP contribution in [0.3, 0.4) is 0 Å². The number of nitrogens with zero attached hydrogens (tertiary/aromatic N) is 1. The van der Waals surface area contributed by atoms with Gasteiger partial charge in [-0.15, -0.1) is 0 Å². The number of hydrogen-bond donors (Lipinski definition) is 1. The number of non-ortho nitro benzene ring substituents is 1. The minimum Gasteiger partial charge on any atom is -0.425 e. The van der Waals surface area contributed by atoms with Gasteiger partial charge in [-0.3, -0.25) is 10.1 Å². The average Bonchev–Trinajstić information content (AvgIpc) is 2.68. The summed E-state index contributed by atoms with van der Waals surface area (Å²) in [5.74, 6) is -0.185. The Balaban J connectivity index is 1.56. The van der Waals surface area contributed by atoms with E-state index in [4.69, 9.17) is 9.47 Å². The van der Waals surface area contributed by atoms with Crippen molar-refractivity contribution in [2.24, 2.45) is 0 Å². The van der Waals surface area contributed by atoms with Crippen LogP contribution in [0.5, 0.6) is 11.5 Å². The maximum absolute atomic E-state index is 12.2. The van der Waals surface area contributed by atoms with Gasteiger partial charge in [-0.25, -0.2) is 9.59 Å². The molecule has 0 fully saturated rings. The summed E-state index contributed by atoms with van der Waals surface area (Å²) < 4.78 is 10.3. The zero-order valence-electron chi connectivity index (χ0n) is 14.8. The standard InChI is InChI=1S/C20H16N2O6/c1-13(21-20(24)28-17-10-7-16(8-11-17)22(25)26)19(23)27-18-9-6-14-4-2-3-5-15(14)12-18/h2-13H,1H3,(H,21,24)/t13-/m0/s1. The van der Waals surface area contributed by atoms with Gasteiger partial charge in [0, 0.05) is 12.1 Å². The van der Waals surface area contributed by atoms with Crippen molar-refractivity contribution in [1.82, 2.24) is 5.32 Å². The van der Waals surface area contributed by atoms with Gasteiger partial charge in [-0.1, -0.05) is 30.3 Å². The van der Waals surface area contributed by atoms with Gasteiger partial charge in [0.15, 0.2) is 0 Å². The van der Waals surface area contributed by atoms with E-state index in [1.165, 1.54) is 31.2 Å². The predicted octanol–water partition coefficient (Wildman–Crippen LogP) is 3.83. The van der Waals surface area contributed by atoms with E-state index in [-0.39, 0.29) is 11.4 Å². The highest BCUT2D eigenvalue weighted by atomic mass is 16.6. The Morgan fingerprint density at radius 3 is 2.25 bits per heavy atom. The van der Waals surface area contributed by atoms with Gasteiger partial charge >= 0.3 is 12.1 Å². The number of nitro benzene ring substituents is 1. The van der Waals surface area contributed by atoms with Gasteiger partial charge in [0.1, 0.15) is 17.5 Å². The van der Waals surface area contributed by atoms with Crippen molar-refractivity contribution in [1.29, 1.82) is 0 Å². The van der Waals surface area contributed by atoms with Gasteiger partial charge in [-0.05, 0) is 42.0 Å². The van der Waals surface area contributed by atoms with Crippen molar-refractivity contribution in [3.63, 3.8) is 0 Å². The third kappa shape index (κ3) is 4.61. The molecule has 0 aliphatic heterocycles. The Kier molecular flexibility index (Phi) is 5.50. The van der Waals surface area contributed by atoms with Crippen molar-refractivity contribution in [3.8, 4) is 11.5 Å². The number of ether oxygens (including phenoxy) is 2. The molecule has 0 heterocycles. The Morgan fingerprint density at radius 2 is 1.57 bits per heavy atom. The van der Waals surface area contributed by atoms with Crippen LogP contribution in [-0.2, 0) is 4.79 Å². The first kappa shape index (κ1) is 18.8. The molecule has 3 aromatic carbocycles. The number of nitrogens with one attached hydrogen (secondary N) is 1. The largest absolute Gasteiger partial charge is 0.425 e. The SMILES string of the molecule is C[C@H](NC(=O)Oc1ccc([N+](=O)[O-])cc1)C(=O)Oc1ccc2ccccc2c1. The molecule has 1 amide bonds. The molecule has 0 unspecified atom stereocenters. The summed E-state index contributed by atoms with van der Waals surface area (Å²) in [6.45, 7) is 1.46. The molecule has 8 heteroatoms. The molecule has 3 aromatic rings. The monoisotopic (exact) mass is 380 g/mol. The van der Waals surface area contributed by atoms with Crippen LogP contribution in [0.1, 0.15) is 6.92 Å². The first-order valence-electron chi connectivity index (χ1n) is 8.35. The molecule has 0 saturated heterocycles. The number of carbonyl (C=O) groups is 2. The fourth-order valence-electron chi connectivity index (χ4n) is 2.44. The molecule has 0 spiro atoms. The van der Waals surface area contributed by atoms with E-state index < -0.39 is 23.0 Å². The Bertz CT molecular complexity index is 1030. The van der Waals surface area contributed by atoms with Crippen LogP contribution >= 0.6 is 0 Å². The maximum Gasteiger partial charge on any atom is 0.413 e. The summed E-state index contributed by atoms with van der Waals surface area (Å²) in [4.78, 5) is 34.1. The highest BCUT2D eigenvalue weighted by molar-refractivity contribution is 5.86. The van der Waals surface area contributed by atoms with E-state index in [1.54, 1.807) is 12.1 Å². The number of carbonyl (C=O) groups excluding carboxylic acids is 2. The van der Waals surface area contributed by atoms with Gasteiger partial charge < -0.3 is 14.8 Å². The number of rotatable bonds is 5.